The number of para-hydroxylation sites is 1. The van der Waals surface area contributed by atoms with Gasteiger partial charge in [-0.25, -0.2) is 0 Å². The van der Waals surface area contributed by atoms with E-state index in [4.69, 9.17) is 0 Å². The van der Waals surface area contributed by atoms with Crippen LogP contribution in [0.25, 0.3) is 0 Å². The van der Waals surface area contributed by atoms with Gasteiger partial charge in [0.25, 0.3) is 0 Å². The molecule has 0 saturated heterocycles. The Balaban J connectivity index is 0.00000208. The first-order valence-corrected chi connectivity index (χ1v) is 7.01. The van der Waals surface area contributed by atoms with Crippen LogP contribution in [0, 0.1) is 0 Å². The molecule has 6 nitrogen and oxygen atoms in total. The molecule has 10 heteroatoms. The summed E-state index contributed by atoms with van der Waals surface area (Å²) in [6.45, 7) is 0.334. The van der Waals surface area contributed by atoms with Crippen LogP contribution in [0.3, 0.4) is 0 Å². The average Bonchev–Trinajstić information content (AvgIpc) is 2.96. The van der Waals surface area contributed by atoms with E-state index in [1.54, 1.807) is 0 Å². The van der Waals surface area contributed by atoms with E-state index in [1.165, 1.54) is 4.90 Å². The van der Waals surface area contributed by atoms with E-state index in [0.29, 0.717) is 0 Å². The summed E-state index contributed by atoms with van der Waals surface area (Å²) >= 11 is 0. The first kappa shape index (κ1) is 18.1. The molecule has 1 aliphatic heterocycles. The monoisotopic (exact) mass is 361 g/mol. The second kappa shape index (κ2) is 7.08. The van der Waals surface area contributed by atoms with Gasteiger partial charge >= 0.3 is 6.18 Å². The number of benzene rings is 1. The van der Waals surface area contributed by atoms with Gasteiger partial charge in [-0.05, 0) is 12.1 Å². The lowest BCUT2D eigenvalue weighted by Gasteiger charge is -2.28. The highest BCUT2D eigenvalue weighted by Gasteiger charge is 2.39. The first-order valence-electron chi connectivity index (χ1n) is 7.01. The molecule has 1 aliphatic rings. The van der Waals surface area contributed by atoms with Gasteiger partial charge in [0.2, 0.25) is 11.7 Å². The highest BCUT2D eigenvalue weighted by atomic mass is 35.5. The largest absolute Gasteiger partial charge is 0.451 e. The van der Waals surface area contributed by atoms with Crippen molar-refractivity contribution in [1.29, 1.82) is 0 Å². The smallest absolute Gasteiger partial charge is 0.376 e. The van der Waals surface area contributed by atoms with Gasteiger partial charge in [0.15, 0.2) is 5.82 Å². The summed E-state index contributed by atoms with van der Waals surface area (Å²) in [7, 11) is 0. The van der Waals surface area contributed by atoms with Crippen molar-refractivity contribution in [3.05, 3.63) is 42.0 Å². The van der Waals surface area contributed by atoms with Gasteiger partial charge in [0, 0.05) is 18.8 Å². The van der Waals surface area contributed by atoms with E-state index in [-0.39, 0.29) is 50.3 Å². The summed E-state index contributed by atoms with van der Waals surface area (Å²) in [5.74, 6) is -1.06. The number of rotatable bonds is 3. The van der Waals surface area contributed by atoms with Crippen LogP contribution in [-0.2, 0) is 24.1 Å². The van der Waals surface area contributed by atoms with Crippen molar-refractivity contribution < 1.29 is 18.0 Å². The van der Waals surface area contributed by atoms with E-state index in [0.717, 1.165) is 10.3 Å². The topological polar surface area (TPSA) is 63.1 Å². The maximum absolute atomic E-state index is 12.8. The normalized spacial score (nSPS) is 13.9. The molecule has 0 spiro atoms. The van der Waals surface area contributed by atoms with Gasteiger partial charge < -0.3 is 14.8 Å². The molecule has 0 bridgehead atoms. The molecule has 0 saturated carbocycles. The zero-order chi connectivity index (χ0) is 16.4. The summed E-state index contributed by atoms with van der Waals surface area (Å²) in [5.41, 5.74) is 0.806. The van der Waals surface area contributed by atoms with Crippen LogP contribution in [0.5, 0.6) is 0 Å². The van der Waals surface area contributed by atoms with Crippen molar-refractivity contribution in [3.63, 3.8) is 0 Å². The molecule has 24 heavy (non-hydrogen) atoms. The summed E-state index contributed by atoms with van der Waals surface area (Å²) in [4.78, 5) is 13.6. The average molecular weight is 362 g/mol. The molecule has 0 radical (unpaired) electrons. The molecule has 0 atom stereocenters. The Morgan fingerprint density at radius 1 is 1.17 bits per heavy atom. The fraction of sp³-hybridized carbons (Fsp3) is 0.357. The third-order valence-electron chi connectivity index (χ3n) is 3.58. The fourth-order valence-corrected chi connectivity index (χ4v) is 2.43. The summed E-state index contributed by atoms with van der Waals surface area (Å²) in [6.07, 6.45) is -4.54. The molecule has 1 amide bonds. The highest BCUT2D eigenvalue weighted by molar-refractivity contribution is 5.85. The van der Waals surface area contributed by atoms with E-state index < -0.39 is 12.0 Å². The minimum absolute atomic E-state index is 0. The number of fused-ring (bicyclic) bond motifs is 1. The van der Waals surface area contributed by atoms with Crippen molar-refractivity contribution in [2.75, 3.05) is 18.4 Å². The van der Waals surface area contributed by atoms with Crippen LogP contribution in [-0.4, -0.2) is 38.7 Å². The van der Waals surface area contributed by atoms with Crippen molar-refractivity contribution in [1.82, 2.24) is 19.7 Å². The van der Waals surface area contributed by atoms with Gasteiger partial charge in [-0.1, -0.05) is 18.2 Å². The number of carbonyl (C=O) groups excluding carboxylic acids is 1. The minimum Gasteiger partial charge on any atom is -0.376 e. The van der Waals surface area contributed by atoms with Gasteiger partial charge in [-0.3, -0.25) is 4.79 Å². The number of alkyl halides is 3. The zero-order valence-corrected chi connectivity index (χ0v) is 13.3. The SMILES string of the molecule is Cl.O=C(CNc1ccccc1)N1CCn2c(nnc2C(F)(F)F)C1. The van der Waals surface area contributed by atoms with Gasteiger partial charge in [-0.15, -0.1) is 22.6 Å². The Bertz CT molecular complexity index is 704. The number of hydrogen-bond donors (Lipinski definition) is 1. The molecule has 130 valence electrons. The summed E-state index contributed by atoms with van der Waals surface area (Å²) in [6, 6.07) is 9.21. The van der Waals surface area contributed by atoms with Crippen LogP contribution in [0.15, 0.2) is 30.3 Å². The number of amides is 1. The van der Waals surface area contributed by atoms with Crippen LogP contribution in [0.1, 0.15) is 11.6 Å². The van der Waals surface area contributed by atoms with E-state index >= 15 is 0 Å². The number of hydrogen-bond acceptors (Lipinski definition) is 4. The number of nitrogens with one attached hydrogen (secondary N) is 1. The van der Waals surface area contributed by atoms with Crippen molar-refractivity contribution in [2.24, 2.45) is 0 Å². The predicted molar refractivity (Wildman–Crippen MR) is 82.6 cm³/mol. The number of aromatic nitrogens is 3. The summed E-state index contributed by atoms with van der Waals surface area (Å²) in [5, 5.41) is 9.72. The Morgan fingerprint density at radius 3 is 2.54 bits per heavy atom. The lowest BCUT2D eigenvalue weighted by atomic mass is 10.3. The van der Waals surface area contributed by atoms with E-state index in [9.17, 15) is 18.0 Å². The van der Waals surface area contributed by atoms with Crippen LogP contribution < -0.4 is 5.32 Å². The fourth-order valence-electron chi connectivity index (χ4n) is 2.43. The maximum atomic E-state index is 12.8. The Kier molecular flexibility index (Phi) is 5.33. The van der Waals surface area contributed by atoms with Crippen LogP contribution in [0.4, 0.5) is 18.9 Å². The molecular weight excluding hydrogens is 347 g/mol. The molecule has 1 aromatic heterocycles. The molecule has 3 rings (SSSR count). The van der Waals surface area contributed by atoms with Gasteiger partial charge in [0.1, 0.15) is 0 Å². The van der Waals surface area contributed by atoms with E-state index in [1.807, 2.05) is 30.3 Å². The van der Waals surface area contributed by atoms with Crippen LogP contribution in [0.2, 0.25) is 0 Å². The zero-order valence-electron chi connectivity index (χ0n) is 12.5. The maximum Gasteiger partial charge on any atom is 0.451 e. The minimum atomic E-state index is -4.54. The number of halogens is 4. The van der Waals surface area contributed by atoms with Crippen molar-refractivity contribution in [3.8, 4) is 0 Å². The predicted octanol–water partition coefficient (Wildman–Crippen LogP) is 2.17. The Hall–Kier alpha value is -2.29. The third-order valence-corrected chi connectivity index (χ3v) is 3.58. The second-order valence-electron chi connectivity index (χ2n) is 5.12. The lowest BCUT2D eigenvalue weighted by molar-refractivity contribution is -0.148. The molecule has 0 fully saturated rings. The van der Waals surface area contributed by atoms with E-state index in [2.05, 4.69) is 15.5 Å². The van der Waals surface area contributed by atoms with Crippen molar-refractivity contribution in [2.45, 2.75) is 19.3 Å². The molecular formula is C14H15ClF3N5O. The Morgan fingerprint density at radius 2 is 1.88 bits per heavy atom. The standard InChI is InChI=1S/C14H14F3N5O.ClH/c15-14(16,17)13-20-19-11-9-21(6-7-22(11)13)12(23)8-18-10-4-2-1-3-5-10;/h1-5,18H,6-9H2;1H. The van der Waals surface area contributed by atoms with Gasteiger partial charge in [0.05, 0.1) is 13.1 Å². The molecule has 1 aromatic carbocycles. The van der Waals surface area contributed by atoms with Crippen molar-refractivity contribution >= 4 is 24.0 Å². The molecule has 2 heterocycles. The Labute approximate surface area is 142 Å². The highest BCUT2D eigenvalue weighted by Crippen LogP contribution is 2.29. The quantitative estimate of drug-likeness (QED) is 0.910. The molecule has 1 N–H and O–H groups in total. The molecule has 0 unspecified atom stereocenters. The second-order valence-corrected chi connectivity index (χ2v) is 5.12. The number of carbonyl (C=O) groups is 1. The van der Waals surface area contributed by atoms with Gasteiger partial charge in [-0.2, -0.15) is 13.2 Å². The first-order chi connectivity index (χ1) is 10.9. The third kappa shape index (κ3) is 3.78. The summed E-state index contributed by atoms with van der Waals surface area (Å²) < 4.78 is 39.3. The number of nitrogens with zero attached hydrogens (tertiary/aromatic N) is 4. The lowest BCUT2D eigenvalue weighted by Crippen LogP contribution is -2.41. The molecule has 2 aromatic rings. The number of anilines is 1. The molecule has 0 aliphatic carbocycles. The van der Waals surface area contributed by atoms with Crippen LogP contribution >= 0.6 is 12.4 Å².